The molecule has 45 heavy (non-hydrogen) atoms. The van der Waals surface area contributed by atoms with E-state index in [0.717, 1.165) is 38.7 Å². The molecule has 0 unspecified atom stereocenters. The van der Waals surface area contributed by atoms with Crippen molar-refractivity contribution < 1.29 is 18.6 Å². The Bertz CT molecular complexity index is 1730. The second-order valence-electron chi connectivity index (χ2n) is 11.2. The minimum absolute atomic E-state index is 0.0655. The highest BCUT2D eigenvalue weighted by Gasteiger charge is 2.43. The third-order valence-corrected chi connectivity index (χ3v) is 9.39. The standard InChI is InChI=1S/C32H40N8O4S/c33-26(13-17-39-45(43,44)24-10-5-2-6-11-24)25-20-40(32-28(25)31(34)37-21-38-32)27-18-23(29(41)30(27)42)19-36-15-7-14-35-16-12-22-8-3-1-4-9-22/h1-6,8-11,13,17,20-21,23,27,29-30,35-36,41-42H,7,12,14-16,18-19,33H2,(H2,34,37,38)/t23-,27-,29-,30+/m1/s1. The highest BCUT2D eigenvalue weighted by Crippen LogP contribution is 2.39. The van der Waals surface area contributed by atoms with Crippen LogP contribution < -0.4 is 22.1 Å². The zero-order valence-corrected chi connectivity index (χ0v) is 25.7. The number of benzene rings is 2. The number of hydrogen-bond donors (Lipinski definition) is 6. The van der Waals surface area contributed by atoms with Crippen molar-refractivity contribution in [3.63, 3.8) is 0 Å². The maximum atomic E-state index is 12.5. The summed E-state index contributed by atoms with van der Waals surface area (Å²) in [6.45, 7) is 3.14. The topological polar surface area (TPSA) is 194 Å². The predicted octanol–water partition coefficient (Wildman–Crippen LogP) is 1.87. The van der Waals surface area contributed by atoms with Gasteiger partial charge in [0.15, 0.2) is 0 Å². The van der Waals surface area contributed by atoms with Gasteiger partial charge in [0.1, 0.15) is 23.9 Å². The van der Waals surface area contributed by atoms with Crippen LogP contribution in [0.5, 0.6) is 0 Å². The molecule has 1 saturated carbocycles. The molecule has 0 spiro atoms. The molecule has 1 fully saturated rings. The molecule has 2 aromatic heterocycles. The van der Waals surface area contributed by atoms with Crippen molar-refractivity contribution in [3.05, 3.63) is 90.4 Å². The number of allylic oxidation sites excluding steroid dienone is 1. The van der Waals surface area contributed by atoms with Gasteiger partial charge < -0.3 is 36.9 Å². The number of rotatable bonds is 14. The van der Waals surface area contributed by atoms with E-state index in [1.54, 1.807) is 29.0 Å². The van der Waals surface area contributed by atoms with Gasteiger partial charge in [0, 0.05) is 36.1 Å². The lowest BCUT2D eigenvalue weighted by molar-refractivity contribution is 0.00693. The molecule has 1 aliphatic carbocycles. The van der Waals surface area contributed by atoms with Crippen molar-refractivity contribution in [3.8, 4) is 0 Å². The van der Waals surface area contributed by atoms with Gasteiger partial charge in [-0.3, -0.25) is 0 Å². The third-order valence-electron chi connectivity index (χ3n) is 8.12. The van der Waals surface area contributed by atoms with Gasteiger partial charge >= 0.3 is 0 Å². The van der Waals surface area contributed by atoms with Gasteiger partial charge in [-0.25, -0.2) is 9.97 Å². The smallest absolute Gasteiger partial charge is 0.282 e. The molecular weight excluding hydrogens is 592 g/mol. The van der Waals surface area contributed by atoms with Crippen LogP contribution in [0, 0.1) is 5.92 Å². The number of hydrogen-bond acceptors (Lipinski definition) is 10. The monoisotopic (exact) mass is 632 g/mol. The number of aliphatic hydroxyl groups is 2. The summed E-state index contributed by atoms with van der Waals surface area (Å²) in [6.07, 6.45) is 5.97. The molecule has 238 valence electrons. The van der Waals surface area contributed by atoms with E-state index in [0.29, 0.717) is 29.6 Å². The number of nitrogens with one attached hydrogen (secondary N) is 2. The molecule has 0 radical (unpaired) electrons. The fourth-order valence-corrected chi connectivity index (χ4v) is 6.56. The SMILES string of the molecule is NC(=CC=NS(=O)(=O)c1ccccc1)c1cn([C@@H]2C[C@H](CNCCCNCCc3ccccc3)[C@@H](O)[C@H]2O)c2ncnc(N)c12. The molecule has 2 aromatic carbocycles. The van der Waals surface area contributed by atoms with Gasteiger partial charge in [-0.2, -0.15) is 12.8 Å². The summed E-state index contributed by atoms with van der Waals surface area (Å²) in [5.41, 5.74) is 15.0. The molecule has 13 heteroatoms. The Kier molecular flexibility index (Phi) is 10.6. The average Bonchev–Trinajstić information content (AvgIpc) is 3.57. The van der Waals surface area contributed by atoms with Gasteiger partial charge in [-0.05, 0) is 62.7 Å². The molecule has 12 nitrogen and oxygen atoms in total. The summed E-state index contributed by atoms with van der Waals surface area (Å²) in [6, 6.07) is 17.7. The Morgan fingerprint density at radius 1 is 1.00 bits per heavy atom. The molecule has 1 aliphatic rings. The number of aromatic nitrogens is 3. The van der Waals surface area contributed by atoms with Crippen molar-refractivity contribution in [2.24, 2.45) is 16.0 Å². The van der Waals surface area contributed by atoms with Gasteiger partial charge in [-0.1, -0.05) is 48.5 Å². The number of nitrogen functional groups attached to an aromatic ring is 1. The van der Waals surface area contributed by atoms with Crippen molar-refractivity contribution in [2.75, 3.05) is 31.9 Å². The van der Waals surface area contributed by atoms with Crippen LogP contribution in [0.2, 0.25) is 0 Å². The first kappa shape index (κ1) is 32.3. The maximum Gasteiger partial charge on any atom is 0.282 e. The van der Waals surface area contributed by atoms with E-state index < -0.39 is 28.3 Å². The first-order valence-electron chi connectivity index (χ1n) is 15.0. The Morgan fingerprint density at radius 2 is 1.71 bits per heavy atom. The summed E-state index contributed by atoms with van der Waals surface area (Å²) in [7, 11) is -3.90. The van der Waals surface area contributed by atoms with Crippen molar-refractivity contribution in [1.82, 2.24) is 25.2 Å². The van der Waals surface area contributed by atoms with Crippen LogP contribution in [0.25, 0.3) is 16.7 Å². The van der Waals surface area contributed by atoms with E-state index in [9.17, 15) is 18.6 Å². The van der Waals surface area contributed by atoms with Crippen LogP contribution in [-0.2, 0) is 16.4 Å². The highest BCUT2D eigenvalue weighted by atomic mass is 32.2. The normalized spacial score (nSPS) is 20.8. The van der Waals surface area contributed by atoms with Gasteiger partial charge in [0.2, 0.25) is 0 Å². The lowest BCUT2D eigenvalue weighted by atomic mass is 10.1. The number of nitrogens with two attached hydrogens (primary N) is 2. The minimum Gasteiger partial charge on any atom is -0.398 e. The van der Waals surface area contributed by atoms with E-state index >= 15 is 0 Å². The molecule has 0 saturated heterocycles. The molecule has 4 aromatic rings. The quantitative estimate of drug-likeness (QED) is 0.0883. The van der Waals surface area contributed by atoms with Crippen molar-refractivity contribution in [2.45, 2.75) is 42.4 Å². The van der Waals surface area contributed by atoms with E-state index in [1.165, 1.54) is 30.1 Å². The van der Waals surface area contributed by atoms with Crippen LogP contribution in [0.15, 0.2) is 88.6 Å². The van der Waals surface area contributed by atoms with E-state index in [1.807, 2.05) is 18.2 Å². The summed E-state index contributed by atoms with van der Waals surface area (Å²) in [5.74, 6) is 0.00177. The fourth-order valence-electron chi connectivity index (χ4n) is 5.72. The second-order valence-corrected chi connectivity index (χ2v) is 12.8. The van der Waals surface area contributed by atoms with Gasteiger partial charge in [-0.15, -0.1) is 0 Å². The Morgan fingerprint density at radius 3 is 2.47 bits per heavy atom. The molecular formula is C32H40N8O4S. The average molecular weight is 633 g/mol. The fraction of sp³-hybridized carbons (Fsp3) is 0.344. The predicted molar refractivity (Wildman–Crippen MR) is 176 cm³/mol. The third kappa shape index (κ3) is 7.75. The van der Waals surface area contributed by atoms with Crippen LogP contribution >= 0.6 is 0 Å². The van der Waals surface area contributed by atoms with Crippen LogP contribution in [0.1, 0.15) is 30.0 Å². The summed E-state index contributed by atoms with van der Waals surface area (Å²) in [5, 5.41) is 29.3. The lowest BCUT2D eigenvalue weighted by Gasteiger charge is -2.19. The maximum absolute atomic E-state index is 12.5. The largest absolute Gasteiger partial charge is 0.398 e. The first-order valence-corrected chi connectivity index (χ1v) is 16.4. The zero-order valence-electron chi connectivity index (χ0n) is 24.9. The number of nitrogens with zero attached hydrogens (tertiary/aromatic N) is 4. The van der Waals surface area contributed by atoms with Crippen molar-refractivity contribution >= 4 is 38.8 Å². The lowest BCUT2D eigenvalue weighted by Crippen LogP contribution is -2.34. The number of fused-ring (bicyclic) bond motifs is 1. The Hall–Kier alpha value is -4.14. The second kappa shape index (κ2) is 14.8. The molecule has 0 bridgehead atoms. The highest BCUT2D eigenvalue weighted by molar-refractivity contribution is 7.90. The molecule has 5 rings (SSSR count). The number of anilines is 1. The molecule has 0 aliphatic heterocycles. The van der Waals surface area contributed by atoms with Crippen LogP contribution in [0.4, 0.5) is 5.82 Å². The van der Waals surface area contributed by atoms with Crippen molar-refractivity contribution in [1.29, 1.82) is 0 Å². The molecule has 0 amide bonds. The number of aliphatic hydroxyl groups excluding tert-OH is 2. The van der Waals surface area contributed by atoms with E-state index in [-0.39, 0.29) is 22.3 Å². The van der Waals surface area contributed by atoms with E-state index in [4.69, 9.17) is 11.5 Å². The van der Waals surface area contributed by atoms with Crippen LogP contribution in [-0.4, -0.2) is 77.8 Å². The molecule has 8 N–H and O–H groups in total. The van der Waals surface area contributed by atoms with E-state index in [2.05, 4.69) is 37.1 Å². The Balaban J connectivity index is 1.21. The number of sulfonamides is 1. The van der Waals surface area contributed by atoms with Crippen LogP contribution in [0.3, 0.4) is 0 Å². The molecule has 2 heterocycles. The molecule has 4 atom stereocenters. The minimum atomic E-state index is -3.90. The summed E-state index contributed by atoms with van der Waals surface area (Å²) < 4.78 is 30.5. The zero-order chi connectivity index (χ0) is 31.8. The Labute approximate surface area is 263 Å². The summed E-state index contributed by atoms with van der Waals surface area (Å²) >= 11 is 0. The summed E-state index contributed by atoms with van der Waals surface area (Å²) in [4.78, 5) is 8.58. The van der Waals surface area contributed by atoms with Gasteiger partial charge in [0.25, 0.3) is 10.0 Å². The van der Waals surface area contributed by atoms with Gasteiger partial charge in [0.05, 0.1) is 22.4 Å². The first-order chi connectivity index (χ1) is 21.8.